The van der Waals surface area contributed by atoms with Crippen molar-refractivity contribution < 1.29 is 0 Å². The lowest BCUT2D eigenvalue weighted by Gasteiger charge is -2.25. The van der Waals surface area contributed by atoms with E-state index in [9.17, 15) is 0 Å². The summed E-state index contributed by atoms with van der Waals surface area (Å²) >= 11 is 0. The molecule has 0 radical (unpaired) electrons. The van der Waals surface area contributed by atoms with Crippen LogP contribution in [0.1, 0.15) is 42.5 Å². The molecule has 0 spiro atoms. The van der Waals surface area contributed by atoms with Gasteiger partial charge in [0.1, 0.15) is 0 Å². The second kappa shape index (κ2) is 6.35. The maximum Gasteiger partial charge on any atom is 0.0449 e. The Morgan fingerprint density at radius 1 is 1.11 bits per heavy atom. The molecule has 1 fully saturated rings. The van der Waals surface area contributed by atoms with Gasteiger partial charge in [-0.3, -0.25) is 0 Å². The molecule has 0 aliphatic carbocycles. The van der Waals surface area contributed by atoms with E-state index in [-0.39, 0.29) is 0 Å². The van der Waals surface area contributed by atoms with E-state index in [1.165, 1.54) is 42.6 Å². The smallest absolute Gasteiger partial charge is 0.0449 e. The van der Waals surface area contributed by atoms with Crippen LogP contribution in [0.5, 0.6) is 0 Å². The molecule has 0 aromatic heterocycles. The quantitative estimate of drug-likeness (QED) is 0.859. The van der Waals surface area contributed by atoms with Gasteiger partial charge in [-0.15, -0.1) is 0 Å². The first kappa shape index (κ1) is 13.6. The summed E-state index contributed by atoms with van der Waals surface area (Å²) in [6, 6.07) is 7.39. The van der Waals surface area contributed by atoms with E-state index in [1.54, 1.807) is 0 Å². The number of rotatable bonds is 5. The third-order valence-corrected chi connectivity index (χ3v) is 3.74. The van der Waals surface area contributed by atoms with Crippen molar-refractivity contribution in [3.05, 3.63) is 34.9 Å². The maximum absolute atomic E-state index is 3.64. The van der Waals surface area contributed by atoms with Crippen molar-refractivity contribution in [3.63, 3.8) is 0 Å². The highest BCUT2D eigenvalue weighted by Crippen LogP contribution is 2.20. The molecule has 18 heavy (non-hydrogen) atoms. The van der Waals surface area contributed by atoms with Crippen LogP contribution in [0.2, 0.25) is 0 Å². The lowest BCUT2D eigenvalue weighted by atomic mass is 10.0. The minimum Gasteiger partial charge on any atom is -0.309 e. The van der Waals surface area contributed by atoms with Gasteiger partial charge in [-0.05, 0) is 51.9 Å². The van der Waals surface area contributed by atoms with E-state index in [0.29, 0.717) is 6.04 Å². The lowest BCUT2D eigenvalue weighted by molar-refractivity contribution is 0.294. The summed E-state index contributed by atoms with van der Waals surface area (Å²) in [7, 11) is 0. The average Bonchev–Trinajstić information content (AvgIpc) is 2.80. The number of likely N-dealkylation sites (tertiary alicyclic amines) is 1. The Morgan fingerprint density at radius 2 is 1.72 bits per heavy atom. The summed E-state index contributed by atoms with van der Waals surface area (Å²) in [5.74, 6) is 0. The maximum atomic E-state index is 3.64. The predicted molar refractivity (Wildman–Crippen MR) is 78.0 cm³/mol. The molecule has 1 saturated heterocycles. The Morgan fingerprint density at radius 3 is 2.28 bits per heavy atom. The highest BCUT2D eigenvalue weighted by Gasteiger charge is 2.18. The second-order valence-corrected chi connectivity index (χ2v) is 5.54. The van der Waals surface area contributed by atoms with Crippen LogP contribution in [-0.4, -0.2) is 31.1 Å². The topological polar surface area (TPSA) is 15.3 Å². The molecule has 1 aromatic carbocycles. The van der Waals surface area contributed by atoms with Crippen molar-refractivity contribution in [1.82, 2.24) is 10.2 Å². The number of hydrogen-bond donors (Lipinski definition) is 1. The summed E-state index contributed by atoms with van der Waals surface area (Å²) in [4.78, 5) is 2.59. The number of likely N-dealkylation sites (N-methyl/N-ethyl adjacent to an activating group) is 1. The third-order valence-electron chi connectivity index (χ3n) is 3.74. The standard InChI is InChI=1S/C16H26N2/c1-4-17-16(12-18-7-5-6-8-18)15-10-13(2)9-14(3)11-15/h9-11,16-17H,4-8,12H2,1-3H3. The van der Waals surface area contributed by atoms with Crippen molar-refractivity contribution >= 4 is 0 Å². The van der Waals surface area contributed by atoms with Crippen LogP contribution in [0.3, 0.4) is 0 Å². The molecule has 2 rings (SSSR count). The van der Waals surface area contributed by atoms with Gasteiger partial charge in [0.15, 0.2) is 0 Å². The molecule has 0 saturated carbocycles. The van der Waals surface area contributed by atoms with Crippen LogP contribution in [-0.2, 0) is 0 Å². The molecule has 100 valence electrons. The fourth-order valence-corrected chi connectivity index (χ4v) is 2.97. The molecule has 1 aromatic rings. The van der Waals surface area contributed by atoms with Gasteiger partial charge < -0.3 is 10.2 Å². The fraction of sp³-hybridized carbons (Fsp3) is 0.625. The van der Waals surface area contributed by atoms with Crippen molar-refractivity contribution in [2.45, 2.75) is 39.7 Å². The Hall–Kier alpha value is -0.860. The Bertz CT molecular complexity index is 360. The monoisotopic (exact) mass is 246 g/mol. The third kappa shape index (κ3) is 3.56. The van der Waals surface area contributed by atoms with Crippen LogP contribution in [0.15, 0.2) is 18.2 Å². The zero-order valence-corrected chi connectivity index (χ0v) is 12.0. The average molecular weight is 246 g/mol. The first-order valence-electron chi connectivity index (χ1n) is 7.23. The van der Waals surface area contributed by atoms with Gasteiger partial charge in [-0.2, -0.15) is 0 Å². The minimum atomic E-state index is 0.478. The highest BCUT2D eigenvalue weighted by molar-refractivity contribution is 5.31. The van der Waals surface area contributed by atoms with Gasteiger partial charge in [-0.25, -0.2) is 0 Å². The molecule has 1 unspecified atom stereocenters. The largest absolute Gasteiger partial charge is 0.309 e. The van der Waals surface area contributed by atoms with Gasteiger partial charge in [0.05, 0.1) is 0 Å². The van der Waals surface area contributed by atoms with Crippen LogP contribution >= 0.6 is 0 Å². The van der Waals surface area contributed by atoms with Gasteiger partial charge in [0, 0.05) is 12.6 Å². The lowest BCUT2D eigenvalue weighted by Crippen LogP contribution is -2.33. The van der Waals surface area contributed by atoms with Gasteiger partial charge in [0.2, 0.25) is 0 Å². The van der Waals surface area contributed by atoms with Crippen molar-refractivity contribution in [2.24, 2.45) is 0 Å². The molecule has 0 amide bonds. The molecule has 1 aliphatic rings. The normalized spacial score (nSPS) is 18.2. The van der Waals surface area contributed by atoms with Gasteiger partial charge in [0.25, 0.3) is 0 Å². The van der Waals surface area contributed by atoms with Crippen LogP contribution < -0.4 is 5.32 Å². The van der Waals surface area contributed by atoms with Crippen molar-refractivity contribution in [1.29, 1.82) is 0 Å². The molecule has 1 aliphatic heterocycles. The number of nitrogens with one attached hydrogen (secondary N) is 1. The molecule has 2 nitrogen and oxygen atoms in total. The summed E-state index contributed by atoms with van der Waals surface area (Å²) in [6.45, 7) is 11.3. The van der Waals surface area contributed by atoms with Crippen LogP contribution in [0.4, 0.5) is 0 Å². The minimum absolute atomic E-state index is 0.478. The van der Waals surface area contributed by atoms with E-state index >= 15 is 0 Å². The summed E-state index contributed by atoms with van der Waals surface area (Å²) in [5, 5.41) is 3.64. The van der Waals surface area contributed by atoms with Gasteiger partial charge >= 0.3 is 0 Å². The number of benzene rings is 1. The Balaban J connectivity index is 2.11. The molecular formula is C16H26N2. The van der Waals surface area contributed by atoms with E-state index in [2.05, 4.69) is 49.2 Å². The molecule has 2 heteroatoms. The summed E-state index contributed by atoms with van der Waals surface area (Å²) in [5.41, 5.74) is 4.19. The Labute approximate surface area is 111 Å². The van der Waals surface area contributed by atoms with Crippen LogP contribution in [0, 0.1) is 13.8 Å². The molecule has 1 atom stereocenters. The SMILES string of the molecule is CCNC(CN1CCCC1)c1cc(C)cc(C)c1. The summed E-state index contributed by atoms with van der Waals surface area (Å²) < 4.78 is 0. The number of nitrogens with zero attached hydrogens (tertiary/aromatic N) is 1. The van der Waals surface area contributed by atoms with Crippen LogP contribution in [0.25, 0.3) is 0 Å². The number of hydrogen-bond acceptors (Lipinski definition) is 2. The summed E-state index contributed by atoms with van der Waals surface area (Å²) in [6.07, 6.45) is 2.73. The van der Waals surface area contributed by atoms with Crippen molar-refractivity contribution in [3.8, 4) is 0 Å². The molecule has 0 bridgehead atoms. The first-order chi connectivity index (χ1) is 8.69. The number of aryl methyl sites for hydroxylation is 2. The zero-order chi connectivity index (χ0) is 13.0. The first-order valence-corrected chi connectivity index (χ1v) is 7.23. The van der Waals surface area contributed by atoms with E-state index in [0.717, 1.165) is 13.1 Å². The van der Waals surface area contributed by atoms with E-state index < -0.39 is 0 Å². The Kier molecular flexibility index (Phi) is 4.79. The van der Waals surface area contributed by atoms with Crippen molar-refractivity contribution in [2.75, 3.05) is 26.2 Å². The van der Waals surface area contributed by atoms with Gasteiger partial charge in [-0.1, -0.05) is 36.2 Å². The van der Waals surface area contributed by atoms with E-state index in [4.69, 9.17) is 0 Å². The predicted octanol–water partition coefficient (Wildman–Crippen LogP) is 3.05. The fourth-order valence-electron chi connectivity index (χ4n) is 2.97. The van der Waals surface area contributed by atoms with E-state index in [1.807, 2.05) is 0 Å². The molecule has 1 N–H and O–H groups in total. The highest BCUT2D eigenvalue weighted by atomic mass is 15.2. The molecular weight excluding hydrogens is 220 g/mol. The second-order valence-electron chi connectivity index (χ2n) is 5.54. The molecule has 1 heterocycles. The zero-order valence-electron chi connectivity index (χ0n) is 12.0.